The number of anilines is 1. The normalized spacial score (nSPS) is 10.2. The maximum Gasteiger partial charge on any atom is 0.224 e. The summed E-state index contributed by atoms with van der Waals surface area (Å²) < 4.78 is 0. The standard InChI is InChI=1S/C13H19NO2/c1-10-6-7-12(9-11(10)2)14-13(16)5-3-4-8-15/h6-7,9,15H,3-5,8H2,1-2H3,(H,14,16). The van der Waals surface area contributed by atoms with Gasteiger partial charge in [-0.15, -0.1) is 0 Å². The lowest BCUT2D eigenvalue weighted by Crippen LogP contribution is -2.11. The lowest BCUT2D eigenvalue weighted by atomic mass is 10.1. The third-order valence-corrected chi connectivity index (χ3v) is 2.60. The molecular formula is C13H19NO2. The third-order valence-electron chi connectivity index (χ3n) is 2.60. The summed E-state index contributed by atoms with van der Waals surface area (Å²) in [4.78, 5) is 11.5. The molecule has 1 rings (SSSR count). The van der Waals surface area contributed by atoms with Crippen LogP contribution in [0.5, 0.6) is 0 Å². The smallest absolute Gasteiger partial charge is 0.224 e. The van der Waals surface area contributed by atoms with Gasteiger partial charge in [-0.1, -0.05) is 6.07 Å². The largest absolute Gasteiger partial charge is 0.396 e. The first-order chi connectivity index (χ1) is 7.63. The number of hydrogen-bond acceptors (Lipinski definition) is 2. The van der Waals surface area contributed by atoms with Crippen molar-refractivity contribution >= 4 is 11.6 Å². The molecule has 0 unspecified atom stereocenters. The zero-order chi connectivity index (χ0) is 12.0. The number of nitrogens with one attached hydrogen (secondary N) is 1. The fourth-order valence-electron chi connectivity index (χ4n) is 1.44. The zero-order valence-electron chi connectivity index (χ0n) is 9.92. The van der Waals surface area contributed by atoms with E-state index in [0.717, 1.165) is 12.1 Å². The number of aliphatic hydroxyl groups excluding tert-OH is 1. The summed E-state index contributed by atoms with van der Waals surface area (Å²) in [7, 11) is 0. The minimum Gasteiger partial charge on any atom is -0.396 e. The number of aliphatic hydroxyl groups is 1. The Morgan fingerprint density at radius 1 is 1.25 bits per heavy atom. The summed E-state index contributed by atoms with van der Waals surface area (Å²) in [6.45, 7) is 4.22. The molecule has 3 heteroatoms. The number of amides is 1. The molecule has 0 saturated heterocycles. The van der Waals surface area contributed by atoms with Crippen molar-refractivity contribution in [2.75, 3.05) is 11.9 Å². The zero-order valence-corrected chi connectivity index (χ0v) is 9.92. The Hall–Kier alpha value is -1.35. The van der Waals surface area contributed by atoms with E-state index < -0.39 is 0 Å². The SMILES string of the molecule is Cc1ccc(NC(=O)CCCCO)cc1C. The molecule has 2 N–H and O–H groups in total. The van der Waals surface area contributed by atoms with Crippen LogP contribution in [0, 0.1) is 13.8 Å². The maximum absolute atomic E-state index is 11.5. The first kappa shape index (κ1) is 12.7. The molecule has 16 heavy (non-hydrogen) atoms. The molecule has 0 radical (unpaired) electrons. The molecule has 0 atom stereocenters. The Balaban J connectivity index is 2.46. The van der Waals surface area contributed by atoms with Gasteiger partial charge in [0, 0.05) is 18.7 Å². The van der Waals surface area contributed by atoms with E-state index in [2.05, 4.69) is 5.32 Å². The number of aryl methyl sites for hydroxylation is 2. The van der Waals surface area contributed by atoms with Crippen molar-refractivity contribution in [3.63, 3.8) is 0 Å². The topological polar surface area (TPSA) is 49.3 Å². The first-order valence-corrected chi connectivity index (χ1v) is 5.61. The van der Waals surface area contributed by atoms with Crippen molar-refractivity contribution in [1.82, 2.24) is 0 Å². The molecular weight excluding hydrogens is 202 g/mol. The van der Waals surface area contributed by atoms with E-state index in [1.54, 1.807) is 0 Å². The van der Waals surface area contributed by atoms with Gasteiger partial charge in [0.25, 0.3) is 0 Å². The summed E-state index contributed by atoms with van der Waals surface area (Å²) in [5.74, 6) is 0.0108. The molecule has 1 aromatic carbocycles. The van der Waals surface area contributed by atoms with Gasteiger partial charge in [0.05, 0.1) is 0 Å². The summed E-state index contributed by atoms with van der Waals surface area (Å²) in [6.07, 6.45) is 1.88. The van der Waals surface area contributed by atoms with Gasteiger partial charge >= 0.3 is 0 Å². The fourth-order valence-corrected chi connectivity index (χ4v) is 1.44. The molecule has 0 fully saturated rings. The Bertz CT molecular complexity index is 361. The van der Waals surface area contributed by atoms with Gasteiger partial charge in [-0.3, -0.25) is 4.79 Å². The van der Waals surface area contributed by atoms with Crippen LogP contribution in [0.4, 0.5) is 5.69 Å². The van der Waals surface area contributed by atoms with E-state index in [4.69, 9.17) is 5.11 Å². The monoisotopic (exact) mass is 221 g/mol. The van der Waals surface area contributed by atoms with E-state index in [0.29, 0.717) is 12.8 Å². The highest BCUT2D eigenvalue weighted by Crippen LogP contribution is 2.14. The predicted molar refractivity (Wildman–Crippen MR) is 65.5 cm³/mol. The van der Waals surface area contributed by atoms with Crippen LogP contribution in [0.2, 0.25) is 0 Å². The van der Waals surface area contributed by atoms with Crippen molar-refractivity contribution in [3.05, 3.63) is 29.3 Å². The molecule has 1 aromatic rings. The van der Waals surface area contributed by atoms with Crippen LogP contribution in [0.3, 0.4) is 0 Å². The minimum atomic E-state index is 0.0108. The minimum absolute atomic E-state index is 0.0108. The molecule has 0 aliphatic rings. The molecule has 0 aromatic heterocycles. The number of hydrogen-bond donors (Lipinski definition) is 2. The third kappa shape index (κ3) is 4.03. The summed E-state index contributed by atoms with van der Waals surface area (Å²) in [5.41, 5.74) is 3.24. The molecule has 0 saturated carbocycles. The second kappa shape index (κ2) is 6.28. The number of unbranched alkanes of at least 4 members (excludes halogenated alkanes) is 1. The van der Waals surface area contributed by atoms with Crippen molar-refractivity contribution < 1.29 is 9.90 Å². The summed E-state index contributed by atoms with van der Waals surface area (Å²) in [5, 5.41) is 11.5. The van der Waals surface area contributed by atoms with Gasteiger partial charge in [0.15, 0.2) is 0 Å². The molecule has 1 amide bonds. The Labute approximate surface area is 96.5 Å². The van der Waals surface area contributed by atoms with E-state index >= 15 is 0 Å². The molecule has 88 valence electrons. The molecule has 0 heterocycles. The Kier molecular flexibility index (Phi) is 4.99. The van der Waals surface area contributed by atoms with Crippen molar-refractivity contribution in [2.24, 2.45) is 0 Å². The molecule has 0 bridgehead atoms. The van der Waals surface area contributed by atoms with E-state index in [9.17, 15) is 4.79 Å². The molecule has 0 aliphatic carbocycles. The van der Waals surface area contributed by atoms with Crippen molar-refractivity contribution in [1.29, 1.82) is 0 Å². The fraction of sp³-hybridized carbons (Fsp3) is 0.462. The average molecular weight is 221 g/mol. The number of rotatable bonds is 5. The van der Waals surface area contributed by atoms with E-state index in [1.807, 2.05) is 32.0 Å². The molecule has 3 nitrogen and oxygen atoms in total. The van der Waals surface area contributed by atoms with Crippen LogP contribution in [-0.4, -0.2) is 17.6 Å². The highest BCUT2D eigenvalue weighted by atomic mass is 16.2. The van der Waals surface area contributed by atoms with Gasteiger partial charge in [-0.05, 0) is 49.9 Å². The van der Waals surface area contributed by atoms with Gasteiger partial charge in [0.2, 0.25) is 5.91 Å². The quantitative estimate of drug-likeness (QED) is 0.750. The second-order valence-electron chi connectivity index (χ2n) is 4.03. The Morgan fingerprint density at radius 3 is 2.62 bits per heavy atom. The van der Waals surface area contributed by atoms with Crippen LogP contribution >= 0.6 is 0 Å². The summed E-state index contributed by atoms with van der Waals surface area (Å²) >= 11 is 0. The average Bonchev–Trinajstić information content (AvgIpc) is 2.24. The van der Waals surface area contributed by atoms with E-state index in [1.165, 1.54) is 11.1 Å². The van der Waals surface area contributed by atoms with Gasteiger partial charge in [-0.25, -0.2) is 0 Å². The van der Waals surface area contributed by atoms with Crippen molar-refractivity contribution in [2.45, 2.75) is 33.1 Å². The van der Waals surface area contributed by atoms with Crippen LogP contribution in [0.15, 0.2) is 18.2 Å². The van der Waals surface area contributed by atoms with Gasteiger partial charge in [0.1, 0.15) is 0 Å². The first-order valence-electron chi connectivity index (χ1n) is 5.61. The number of benzene rings is 1. The number of carbonyl (C=O) groups is 1. The van der Waals surface area contributed by atoms with Gasteiger partial charge in [-0.2, -0.15) is 0 Å². The highest BCUT2D eigenvalue weighted by Gasteiger charge is 2.02. The Morgan fingerprint density at radius 2 is 2.00 bits per heavy atom. The van der Waals surface area contributed by atoms with Gasteiger partial charge < -0.3 is 10.4 Å². The van der Waals surface area contributed by atoms with Crippen LogP contribution in [0.25, 0.3) is 0 Å². The van der Waals surface area contributed by atoms with Crippen molar-refractivity contribution in [3.8, 4) is 0 Å². The predicted octanol–water partition coefficient (Wildman–Crippen LogP) is 2.40. The van der Waals surface area contributed by atoms with Crippen LogP contribution in [-0.2, 0) is 4.79 Å². The molecule has 0 spiro atoms. The summed E-state index contributed by atoms with van der Waals surface area (Å²) in [6, 6.07) is 5.88. The lowest BCUT2D eigenvalue weighted by molar-refractivity contribution is -0.116. The van der Waals surface area contributed by atoms with Crippen LogP contribution in [0.1, 0.15) is 30.4 Å². The lowest BCUT2D eigenvalue weighted by Gasteiger charge is -2.07. The maximum atomic E-state index is 11.5. The molecule has 0 aliphatic heterocycles. The highest BCUT2D eigenvalue weighted by molar-refractivity contribution is 5.90. The second-order valence-corrected chi connectivity index (χ2v) is 4.03. The van der Waals surface area contributed by atoms with Crippen LogP contribution < -0.4 is 5.32 Å². The van der Waals surface area contributed by atoms with E-state index in [-0.39, 0.29) is 12.5 Å². The number of carbonyl (C=O) groups excluding carboxylic acids is 1.